The first-order chi connectivity index (χ1) is 7.16. The van der Waals surface area contributed by atoms with Gasteiger partial charge in [0.15, 0.2) is 11.9 Å². The minimum atomic E-state index is 0.224. The predicted octanol–water partition coefficient (Wildman–Crippen LogP) is 2.09. The molecule has 0 aromatic carbocycles. The molecule has 15 heavy (non-hydrogen) atoms. The number of pyridine rings is 1. The molecule has 0 fully saturated rings. The van der Waals surface area contributed by atoms with Crippen molar-refractivity contribution >= 4 is 0 Å². The Morgan fingerprint density at radius 3 is 2.80 bits per heavy atom. The minimum absolute atomic E-state index is 0.224. The van der Waals surface area contributed by atoms with Gasteiger partial charge in [-0.1, -0.05) is 19.8 Å². The number of nitrogens with zero attached hydrogens (tertiary/aromatic N) is 1. The highest BCUT2D eigenvalue weighted by molar-refractivity contribution is 5.38. The number of aromatic hydroxyl groups is 1. The lowest BCUT2D eigenvalue weighted by Crippen LogP contribution is -2.31. The fourth-order valence-electron chi connectivity index (χ4n) is 1.42. The van der Waals surface area contributed by atoms with Gasteiger partial charge in [0.25, 0.3) is 0 Å². The third kappa shape index (κ3) is 3.11. The fraction of sp³-hybridized carbons (Fsp3) is 0.583. The number of hydrogen-bond donors (Lipinski definition) is 1. The molecule has 0 radical (unpaired) electrons. The summed E-state index contributed by atoms with van der Waals surface area (Å²) in [5, 5.41) is 9.63. The summed E-state index contributed by atoms with van der Waals surface area (Å²) in [6.45, 7) is 4.77. The van der Waals surface area contributed by atoms with Gasteiger partial charge in [-0.15, -0.1) is 0 Å². The van der Waals surface area contributed by atoms with Crippen LogP contribution in [-0.2, 0) is 7.05 Å². The van der Waals surface area contributed by atoms with Gasteiger partial charge in [-0.25, -0.2) is 4.57 Å². The lowest BCUT2D eigenvalue weighted by atomic mass is 10.2. The standard InChI is InChI=1S/C12H19NO2/c1-4-5-6-9-15-12-10(2)13(3)8-7-11(12)14/h7-8H,4-6,9H2,1-3H3/p+1. The second kappa shape index (κ2) is 5.59. The number of hydrogen-bond acceptors (Lipinski definition) is 2. The van der Waals surface area contributed by atoms with Crippen molar-refractivity contribution in [1.29, 1.82) is 0 Å². The van der Waals surface area contributed by atoms with Gasteiger partial charge in [0.1, 0.15) is 7.05 Å². The molecule has 0 aliphatic rings. The van der Waals surface area contributed by atoms with E-state index in [4.69, 9.17) is 4.74 Å². The largest absolute Gasteiger partial charge is 0.504 e. The Bertz CT molecular complexity index is 324. The van der Waals surface area contributed by atoms with Gasteiger partial charge in [0.05, 0.1) is 6.61 Å². The van der Waals surface area contributed by atoms with Crippen molar-refractivity contribution in [3.8, 4) is 11.5 Å². The smallest absolute Gasteiger partial charge is 0.228 e. The molecular weight excluding hydrogens is 190 g/mol. The van der Waals surface area contributed by atoms with Crippen LogP contribution in [-0.4, -0.2) is 11.7 Å². The molecule has 1 aromatic heterocycles. The van der Waals surface area contributed by atoms with Crippen LogP contribution < -0.4 is 9.30 Å². The molecule has 1 aromatic rings. The molecule has 0 bridgehead atoms. The minimum Gasteiger partial charge on any atom is -0.504 e. The summed E-state index contributed by atoms with van der Waals surface area (Å²) in [5.41, 5.74) is 0.950. The number of aryl methyl sites for hydroxylation is 1. The van der Waals surface area contributed by atoms with Crippen molar-refractivity contribution < 1.29 is 14.4 Å². The summed E-state index contributed by atoms with van der Waals surface area (Å²) < 4.78 is 7.52. The van der Waals surface area contributed by atoms with Crippen molar-refractivity contribution in [1.82, 2.24) is 0 Å². The van der Waals surface area contributed by atoms with Crippen molar-refractivity contribution in [3.05, 3.63) is 18.0 Å². The van der Waals surface area contributed by atoms with E-state index in [1.54, 1.807) is 6.07 Å². The summed E-state index contributed by atoms with van der Waals surface area (Å²) in [7, 11) is 1.94. The lowest BCUT2D eigenvalue weighted by molar-refractivity contribution is -0.678. The average Bonchev–Trinajstić information content (AvgIpc) is 2.23. The van der Waals surface area contributed by atoms with E-state index >= 15 is 0 Å². The van der Waals surface area contributed by atoms with Crippen LogP contribution in [0.15, 0.2) is 12.3 Å². The van der Waals surface area contributed by atoms with Crippen LogP contribution in [0.3, 0.4) is 0 Å². The summed E-state index contributed by atoms with van der Waals surface area (Å²) in [6, 6.07) is 1.65. The van der Waals surface area contributed by atoms with Crippen LogP contribution in [0.1, 0.15) is 31.9 Å². The van der Waals surface area contributed by atoms with Crippen molar-refractivity contribution in [2.75, 3.05) is 6.61 Å². The Morgan fingerprint density at radius 2 is 2.13 bits per heavy atom. The molecule has 3 nitrogen and oxygen atoms in total. The van der Waals surface area contributed by atoms with Crippen molar-refractivity contribution in [2.45, 2.75) is 33.1 Å². The topological polar surface area (TPSA) is 33.3 Å². The lowest BCUT2D eigenvalue weighted by Gasteiger charge is -2.08. The van der Waals surface area contributed by atoms with Crippen molar-refractivity contribution in [3.63, 3.8) is 0 Å². The maximum absolute atomic E-state index is 9.63. The van der Waals surface area contributed by atoms with Gasteiger partial charge in [-0.05, 0) is 6.42 Å². The quantitative estimate of drug-likeness (QED) is 0.596. The first-order valence-electron chi connectivity index (χ1n) is 5.47. The van der Waals surface area contributed by atoms with Crippen LogP contribution >= 0.6 is 0 Å². The number of rotatable bonds is 5. The molecule has 0 saturated carbocycles. The number of ether oxygens (including phenoxy) is 1. The zero-order valence-electron chi connectivity index (χ0n) is 9.79. The molecular formula is C12H20NO2+. The van der Waals surface area contributed by atoms with Gasteiger partial charge in [-0.2, -0.15) is 0 Å². The SMILES string of the molecule is CCCCCOc1c(O)cc[n+](C)c1C. The zero-order valence-corrected chi connectivity index (χ0v) is 9.79. The molecule has 1 heterocycles. The maximum Gasteiger partial charge on any atom is 0.228 e. The predicted molar refractivity (Wildman–Crippen MR) is 59.0 cm³/mol. The van der Waals surface area contributed by atoms with E-state index in [0.29, 0.717) is 12.4 Å². The van der Waals surface area contributed by atoms with Gasteiger partial charge in [0.2, 0.25) is 11.4 Å². The Labute approximate surface area is 91.3 Å². The monoisotopic (exact) mass is 210 g/mol. The summed E-state index contributed by atoms with van der Waals surface area (Å²) in [4.78, 5) is 0. The first-order valence-corrected chi connectivity index (χ1v) is 5.47. The van der Waals surface area contributed by atoms with Crippen LogP contribution in [0.4, 0.5) is 0 Å². The van der Waals surface area contributed by atoms with Gasteiger partial charge < -0.3 is 9.84 Å². The second-order valence-electron chi connectivity index (χ2n) is 3.78. The number of unbranched alkanes of at least 4 members (excludes halogenated alkanes) is 2. The Hall–Kier alpha value is -1.25. The molecule has 0 aliphatic carbocycles. The summed E-state index contributed by atoms with van der Waals surface area (Å²) in [5.74, 6) is 0.832. The fourth-order valence-corrected chi connectivity index (χ4v) is 1.42. The molecule has 84 valence electrons. The zero-order chi connectivity index (χ0) is 11.3. The van der Waals surface area contributed by atoms with E-state index < -0.39 is 0 Å². The van der Waals surface area contributed by atoms with E-state index in [0.717, 1.165) is 12.1 Å². The molecule has 0 saturated heterocycles. The Morgan fingerprint density at radius 1 is 1.40 bits per heavy atom. The van der Waals surface area contributed by atoms with Gasteiger partial charge in [-0.3, -0.25) is 0 Å². The van der Waals surface area contributed by atoms with Crippen LogP contribution in [0.25, 0.3) is 0 Å². The molecule has 0 atom stereocenters. The van der Waals surface area contributed by atoms with Gasteiger partial charge in [0, 0.05) is 13.0 Å². The molecule has 0 aliphatic heterocycles. The molecule has 1 N–H and O–H groups in total. The van der Waals surface area contributed by atoms with Crippen LogP contribution in [0.5, 0.6) is 11.5 Å². The summed E-state index contributed by atoms with van der Waals surface area (Å²) in [6.07, 6.45) is 5.20. The maximum atomic E-state index is 9.63. The molecule has 0 spiro atoms. The van der Waals surface area contributed by atoms with E-state index in [9.17, 15) is 5.11 Å². The third-order valence-electron chi connectivity index (χ3n) is 2.54. The number of aromatic nitrogens is 1. The van der Waals surface area contributed by atoms with E-state index in [2.05, 4.69) is 6.92 Å². The second-order valence-corrected chi connectivity index (χ2v) is 3.78. The summed E-state index contributed by atoms with van der Waals surface area (Å²) >= 11 is 0. The van der Waals surface area contributed by atoms with E-state index in [-0.39, 0.29) is 5.75 Å². The van der Waals surface area contributed by atoms with E-state index in [1.807, 2.05) is 24.7 Å². The Kier molecular flexibility index (Phi) is 4.40. The average molecular weight is 210 g/mol. The highest BCUT2D eigenvalue weighted by Crippen LogP contribution is 2.26. The molecule has 3 heteroatoms. The Balaban J connectivity index is 2.63. The molecule has 0 amide bonds. The first kappa shape index (κ1) is 11.8. The third-order valence-corrected chi connectivity index (χ3v) is 2.54. The van der Waals surface area contributed by atoms with Crippen LogP contribution in [0.2, 0.25) is 0 Å². The van der Waals surface area contributed by atoms with Crippen molar-refractivity contribution in [2.24, 2.45) is 7.05 Å². The van der Waals surface area contributed by atoms with Gasteiger partial charge >= 0.3 is 0 Å². The van der Waals surface area contributed by atoms with Crippen LogP contribution in [0, 0.1) is 6.92 Å². The highest BCUT2D eigenvalue weighted by Gasteiger charge is 2.14. The molecule has 1 rings (SSSR count). The normalized spacial score (nSPS) is 10.3. The van der Waals surface area contributed by atoms with E-state index in [1.165, 1.54) is 12.8 Å². The molecule has 0 unspecified atom stereocenters. The highest BCUT2D eigenvalue weighted by atomic mass is 16.5.